The average molecular weight is 653 g/mol. The molecule has 4 rings (SSSR count). The number of halogens is 4. The Balaban J connectivity index is 0.00000529. The number of hydrogen-bond donors (Lipinski definition) is 3. The number of aromatic hydroxyl groups is 1. The molecule has 1 fully saturated rings. The second kappa shape index (κ2) is 14.7. The predicted octanol–water partition coefficient (Wildman–Crippen LogP) is 6.13. The lowest BCUT2D eigenvalue weighted by Crippen LogP contribution is -2.34. The van der Waals surface area contributed by atoms with Crippen LogP contribution in [0.1, 0.15) is 35.2 Å². The molecule has 1 amide bonds. The van der Waals surface area contributed by atoms with Gasteiger partial charge in [0, 0.05) is 18.2 Å². The third-order valence-electron chi connectivity index (χ3n) is 6.97. The minimum atomic E-state index is -4.47. The van der Waals surface area contributed by atoms with E-state index >= 15 is 0 Å². The number of carbonyl (C=O) groups excluding carboxylic acids is 1. The van der Waals surface area contributed by atoms with Crippen molar-refractivity contribution in [3.05, 3.63) is 71.8 Å². The molecular formula is C30H32ClF3N4O5S. The Morgan fingerprint density at radius 1 is 1.07 bits per heavy atom. The summed E-state index contributed by atoms with van der Waals surface area (Å²) in [5.74, 6) is -0.617. The monoisotopic (exact) mass is 652 g/mol. The number of nitrogens with zero attached hydrogens (tertiary/aromatic N) is 2. The standard InChI is InChI=1S/C30H31F3N4O5S.ClH/c1-43(40,41)36-26-18-24(8-10-27(26)38)35-29(39)25-9-5-22(21-3-6-23(7-4-21)30(31,32)33)17-28(25)42-16-2-13-37-14-11-20(19-34)12-15-37;/h3-10,17-18,20,36,38H,2,11-16H2,1H3,(H,35,39);1H. The van der Waals surface area contributed by atoms with Crippen molar-refractivity contribution < 1.29 is 36.2 Å². The van der Waals surface area contributed by atoms with Gasteiger partial charge in [0.25, 0.3) is 5.91 Å². The smallest absolute Gasteiger partial charge is 0.416 e. The Labute approximate surface area is 260 Å². The van der Waals surface area contributed by atoms with E-state index in [1.807, 2.05) is 0 Å². The maximum Gasteiger partial charge on any atom is 0.416 e. The number of carbonyl (C=O) groups is 1. The van der Waals surface area contributed by atoms with E-state index in [-0.39, 0.29) is 53.4 Å². The first-order valence-corrected chi connectivity index (χ1v) is 15.4. The third kappa shape index (κ3) is 9.51. The largest absolute Gasteiger partial charge is 0.506 e. The number of nitriles is 1. The molecule has 1 heterocycles. The molecule has 0 radical (unpaired) electrons. The van der Waals surface area contributed by atoms with E-state index in [1.165, 1.54) is 36.4 Å². The van der Waals surface area contributed by atoms with Gasteiger partial charge in [-0.2, -0.15) is 18.4 Å². The summed E-state index contributed by atoms with van der Waals surface area (Å²) in [5.41, 5.74) is 0.501. The Kier molecular flexibility index (Phi) is 11.5. The second-order valence-electron chi connectivity index (χ2n) is 10.3. The van der Waals surface area contributed by atoms with Gasteiger partial charge < -0.3 is 20.1 Å². The summed E-state index contributed by atoms with van der Waals surface area (Å²) in [4.78, 5) is 15.6. The van der Waals surface area contributed by atoms with Crippen LogP contribution in [0.2, 0.25) is 0 Å². The molecule has 44 heavy (non-hydrogen) atoms. The third-order valence-corrected chi connectivity index (χ3v) is 7.56. The number of benzene rings is 3. The van der Waals surface area contributed by atoms with E-state index < -0.39 is 27.7 Å². The predicted molar refractivity (Wildman–Crippen MR) is 164 cm³/mol. The van der Waals surface area contributed by atoms with Crippen LogP contribution in [0.5, 0.6) is 11.5 Å². The number of sulfonamides is 1. The zero-order valence-electron chi connectivity index (χ0n) is 23.7. The first kappa shape index (κ1) is 34.5. The summed E-state index contributed by atoms with van der Waals surface area (Å²) in [6.07, 6.45) is -1.27. The first-order chi connectivity index (χ1) is 20.3. The molecule has 1 aliphatic heterocycles. The normalized spacial score (nSPS) is 14.2. The minimum absolute atomic E-state index is 0. The molecule has 1 saturated heterocycles. The van der Waals surface area contributed by atoms with E-state index in [0.717, 1.165) is 50.9 Å². The number of phenolic OH excluding ortho intramolecular Hbond substituents is 1. The van der Waals surface area contributed by atoms with Crippen molar-refractivity contribution in [1.82, 2.24) is 4.90 Å². The van der Waals surface area contributed by atoms with Crippen molar-refractivity contribution in [2.75, 3.05) is 42.5 Å². The molecule has 0 saturated carbocycles. The van der Waals surface area contributed by atoms with Gasteiger partial charge in [-0.15, -0.1) is 12.4 Å². The Morgan fingerprint density at radius 3 is 2.34 bits per heavy atom. The highest BCUT2D eigenvalue weighted by molar-refractivity contribution is 7.92. The van der Waals surface area contributed by atoms with E-state index in [0.29, 0.717) is 17.5 Å². The van der Waals surface area contributed by atoms with Crippen LogP contribution in [0.3, 0.4) is 0 Å². The number of nitrogens with one attached hydrogen (secondary N) is 2. The SMILES string of the molecule is CS(=O)(=O)Nc1cc(NC(=O)c2ccc(-c3ccc(C(F)(F)F)cc3)cc2OCCCN2CCC(C#N)CC2)ccc1O.Cl. The number of amides is 1. The summed E-state index contributed by atoms with van der Waals surface area (Å²) in [7, 11) is -3.69. The fourth-order valence-corrected chi connectivity index (χ4v) is 5.27. The van der Waals surface area contributed by atoms with Crippen LogP contribution >= 0.6 is 12.4 Å². The van der Waals surface area contributed by atoms with Gasteiger partial charge in [0.1, 0.15) is 11.5 Å². The van der Waals surface area contributed by atoms with Gasteiger partial charge in [-0.05, 0) is 85.9 Å². The van der Waals surface area contributed by atoms with Crippen molar-refractivity contribution in [2.45, 2.75) is 25.4 Å². The van der Waals surface area contributed by atoms with Gasteiger partial charge >= 0.3 is 6.18 Å². The van der Waals surface area contributed by atoms with Gasteiger partial charge in [0.15, 0.2) is 0 Å². The molecule has 0 bridgehead atoms. The van der Waals surface area contributed by atoms with Crippen LogP contribution in [0, 0.1) is 17.2 Å². The molecule has 0 unspecified atom stereocenters. The van der Waals surface area contributed by atoms with Crippen LogP contribution in [0.4, 0.5) is 24.5 Å². The molecule has 3 aromatic carbocycles. The van der Waals surface area contributed by atoms with Gasteiger partial charge in [-0.3, -0.25) is 9.52 Å². The topological polar surface area (TPSA) is 132 Å². The van der Waals surface area contributed by atoms with Gasteiger partial charge in [-0.1, -0.05) is 18.2 Å². The van der Waals surface area contributed by atoms with Crippen LogP contribution < -0.4 is 14.8 Å². The molecule has 0 aliphatic carbocycles. The van der Waals surface area contributed by atoms with Gasteiger partial charge in [-0.25, -0.2) is 8.42 Å². The van der Waals surface area contributed by atoms with E-state index in [1.54, 1.807) is 12.1 Å². The van der Waals surface area contributed by atoms with Crippen LogP contribution in [0.25, 0.3) is 11.1 Å². The number of rotatable bonds is 10. The quantitative estimate of drug-likeness (QED) is 0.136. The van der Waals surface area contributed by atoms with Crippen molar-refractivity contribution in [3.63, 3.8) is 0 Å². The number of phenols is 1. The minimum Gasteiger partial charge on any atom is -0.506 e. The summed E-state index contributed by atoms with van der Waals surface area (Å²) in [5, 5.41) is 21.8. The van der Waals surface area contributed by atoms with E-state index in [9.17, 15) is 31.5 Å². The fourth-order valence-electron chi connectivity index (χ4n) is 4.71. The summed E-state index contributed by atoms with van der Waals surface area (Å²) in [6, 6.07) is 15.5. The molecule has 236 valence electrons. The molecule has 3 N–H and O–H groups in total. The van der Waals surface area contributed by atoms with E-state index in [2.05, 4.69) is 21.0 Å². The van der Waals surface area contributed by atoms with E-state index in [4.69, 9.17) is 10.00 Å². The Hall–Kier alpha value is -3.99. The average Bonchev–Trinajstić information content (AvgIpc) is 2.96. The summed E-state index contributed by atoms with van der Waals surface area (Å²) >= 11 is 0. The van der Waals surface area contributed by atoms with Crippen LogP contribution in [-0.4, -0.2) is 56.8 Å². The summed E-state index contributed by atoms with van der Waals surface area (Å²) < 4.78 is 70.6. The lowest BCUT2D eigenvalue weighted by Gasteiger charge is -2.28. The molecule has 0 aromatic heterocycles. The second-order valence-corrected chi connectivity index (χ2v) is 12.0. The molecule has 0 atom stereocenters. The highest BCUT2D eigenvalue weighted by Crippen LogP contribution is 2.33. The maximum atomic E-state index is 13.3. The zero-order valence-corrected chi connectivity index (χ0v) is 25.4. The van der Waals surface area contributed by atoms with Gasteiger partial charge in [0.2, 0.25) is 10.0 Å². The van der Waals surface area contributed by atoms with Gasteiger partial charge in [0.05, 0.1) is 35.7 Å². The number of alkyl halides is 3. The molecule has 14 heteroatoms. The fraction of sp³-hybridized carbons (Fsp3) is 0.333. The summed E-state index contributed by atoms with van der Waals surface area (Å²) in [6.45, 7) is 2.63. The van der Waals surface area contributed by atoms with Crippen molar-refractivity contribution in [2.24, 2.45) is 5.92 Å². The maximum absolute atomic E-state index is 13.3. The number of hydrogen-bond acceptors (Lipinski definition) is 7. The Morgan fingerprint density at radius 2 is 1.73 bits per heavy atom. The number of anilines is 2. The number of likely N-dealkylation sites (tertiary alicyclic amines) is 1. The number of ether oxygens (including phenoxy) is 1. The lowest BCUT2D eigenvalue weighted by atomic mass is 9.98. The van der Waals surface area contributed by atoms with Crippen LogP contribution in [0.15, 0.2) is 60.7 Å². The highest BCUT2D eigenvalue weighted by atomic mass is 35.5. The van der Waals surface area contributed by atoms with Crippen LogP contribution in [-0.2, 0) is 16.2 Å². The lowest BCUT2D eigenvalue weighted by molar-refractivity contribution is -0.137. The van der Waals surface area contributed by atoms with Crippen molar-refractivity contribution >= 4 is 39.7 Å². The first-order valence-electron chi connectivity index (χ1n) is 13.5. The molecule has 1 aliphatic rings. The number of piperidine rings is 1. The zero-order chi connectivity index (χ0) is 31.2. The highest BCUT2D eigenvalue weighted by Gasteiger charge is 2.30. The molecular weight excluding hydrogens is 621 g/mol. The molecule has 3 aromatic rings. The van der Waals surface area contributed by atoms with Crippen molar-refractivity contribution in [1.29, 1.82) is 5.26 Å². The Bertz CT molecular complexity index is 1600. The van der Waals surface area contributed by atoms with Crippen molar-refractivity contribution in [3.8, 4) is 28.7 Å². The molecule has 0 spiro atoms. The molecule has 9 nitrogen and oxygen atoms in total.